The van der Waals surface area contributed by atoms with Gasteiger partial charge in [0.15, 0.2) is 0 Å². The van der Waals surface area contributed by atoms with Crippen LogP contribution in [-0.2, 0) is 0 Å². The van der Waals surface area contributed by atoms with E-state index in [2.05, 4.69) is 26.8 Å². The lowest BCUT2D eigenvalue weighted by atomic mass is 9.69. The second kappa shape index (κ2) is 3.45. The molecule has 1 aliphatic heterocycles. The fourth-order valence-electron chi connectivity index (χ4n) is 2.99. The minimum atomic E-state index is 0.268. The summed E-state index contributed by atoms with van der Waals surface area (Å²) in [6.45, 7) is 6.84. The van der Waals surface area contributed by atoms with Crippen molar-refractivity contribution in [1.82, 2.24) is 0 Å². The normalized spacial score (nSPS) is 39.7. The summed E-state index contributed by atoms with van der Waals surface area (Å²) in [7, 11) is 0. The highest BCUT2D eigenvalue weighted by atomic mass is 32.2. The molecule has 0 aromatic carbocycles. The van der Waals surface area contributed by atoms with Gasteiger partial charge in [-0.1, -0.05) is 20.8 Å². The minimum absolute atomic E-state index is 0.268. The van der Waals surface area contributed by atoms with Gasteiger partial charge in [-0.2, -0.15) is 5.26 Å². The maximum absolute atomic E-state index is 9.20. The molecular formula is C12H18N2S. The van der Waals surface area contributed by atoms with Crippen molar-refractivity contribution in [3.8, 4) is 6.07 Å². The zero-order valence-electron chi connectivity index (χ0n) is 9.58. The van der Waals surface area contributed by atoms with Crippen molar-refractivity contribution < 1.29 is 0 Å². The molecule has 1 fully saturated rings. The second-order valence-electron chi connectivity index (χ2n) is 5.22. The van der Waals surface area contributed by atoms with Gasteiger partial charge in [-0.05, 0) is 24.2 Å². The van der Waals surface area contributed by atoms with E-state index in [1.165, 1.54) is 12.8 Å². The van der Waals surface area contributed by atoms with E-state index in [4.69, 9.17) is 5.73 Å². The monoisotopic (exact) mass is 222 g/mol. The fourth-order valence-corrected chi connectivity index (χ4v) is 4.44. The van der Waals surface area contributed by atoms with Crippen molar-refractivity contribution in [1.29, 1.82) is 5.26 Å². The van der Waals surface area contributed by atoms with Gasteiger partial charge in [-0.3, -0.25) is 0 Å². The molecule has 15 heavy (non-hydrogen) atoms. The third-order valence-electron chi connectivity index (χ3n) is 4.34. The molecule has 2 nitrogen and oxygen atoms in total. The Balaban J connectivity index is 2.39. The molecule has 3 heteroatoms. The Hall–Kier alpha value is -0.620. The largest absolute Gasteiger partial charge is 0.393 e. The SMILES string of the molecule is CC(C)C1(C)CCC2SC(N)=C(C#N)C21. The first kappa shape index (κ1) is 10.9. The molecule has 0 amide bonds. The lowest BCUT2D eigenvalue weighted by molar-refractivity contribution is 0.177. The predicted molar refractivity (Wildman–Crippen MR) is 63.9 cm³/mol. The molecule has 0 saturated heterocycles. The molecule has 0 aromatic rings. The highest BCUT2D eigenvalue weighted by Gasteiger charge is 2.52. The van der Waals surface area contributed by atoms with Crippen molar-refractivity contribution in [3.05, 3.63) is 10.6 Å². The molecule has 82 valence electrons. The molecule has 2 aliphatic rings. The average Bonchev–Trinajstić information content (AvgIpc) is 2.65. The van der Waals surface area contributed by atoms with Crippen LogP contribution in [0.2, 0.25) is 0 Å². The predicted octanol–water partition coefficient (Wildman–Crippen LogP) is 2.87. The Bertz CT molecular complexity index is 353. The van der Waals surface area contributed by atoms with Crippen molar-refractivity contribution >= 4 is 11.8 Å². The molecule has 0 radical (unpaired) electrons. The molecule has 3 unspecified atom stereocenters. The first-order valence-electron chi connectivity index (χ1n) is 5.57. The zero-order valence-corrected chi connectivity index (χ0v) is 10.4. The topological polar surface area (TPSA) is 49.8 Å². The number of nitrogens with zero attached hydrogens (tertiary/aromatic N) is 1. The summed E-state index contributed by atoms with van der Waals surface area (Å²) in [6.07, 6.45) is 2.43. The molecule has 2 rings (SSSR count). The first-order valence-corrected chi connectivity index (χ1v) is 6.45. The smallest absolute Gasteiger partial charge is 0.0978 e. The van der Waals surface area contributed by atoms with Gasteiger partial charge in [0.05, 0.1) is 16.7 Å². The third-order valence-corrected chi connectivity index (χ3v) is 5.63. The first-order chi connectivity index (χ1) is 7.00. The maximum Gasteiger partial charge on any atom is 0.0978 e. The van der Waals surface area contributed by atoms with E-state index < -0.39 is 0 Å². The van der Waals surface area contributed by atoms with Gasteiger partial charge in [0, 0.05) is 11.2 Å². The minimum Gasteiger partial charge on any atom is -0.393 e. The van der Waals surface area contributed by atoms with Crippen LogP contribution in [0.3, 0.4) is 0 Å². The van der Waals surface area contributed by atoms with Crippen LogP contribution in [0.25, 0.3) is 0 Å². The summed E-state index contributed by atoms with van der Waals surface area (Å²) in [5.41, 5.74) is 7.05. The van der Waals surface area contributed by atoms with Gasteiger partial charge >= 0.3 is 0 Å². The van der Waals surface area contributed by atoms with E-state index in [9.17, 15) is 5.26 Å². The Morgan fingerprint density at radius 2 is 2.27 bits per heavy atom. The van der Waals surface area contributed by atoms with E-state index in [1.807, 2.05) is 0 Å². The number of allylic oxidation sites excluding steroid dienone is 1. The van der Waals surface area contributed by atoms with E-state index in [-0.39, 0.29) is 5.41 Å². The molecule has 3 atom stereocenters. The van der Waals surface area contributed by atoms with Gasteiger partial charge in [0.2, 0.25) is 0 Å². The zero-order chi connectivity index (χ0) is 11.2. The van der Waals surface area contributed by atoms with Crippen LogP contribution in [0, 0.1) is 28.6 Å². The summed E-state index contributed by atoms with van der Waals surface area (Å²) >= 11 is 1.72. The molecule has 0 aromatic heterocycles. The number of nitriles is 1. The Labute approximate surface area is 95.9 Å². The summed E-state index contributed by atoms with van der Waals surface area (Å²) in [6, 6.07) is 2.33. The van der Waals surface area contributed by atoms with Crippen LogP contribution >= 0.6 is 11.8 Å². The highest BCUT2D eigenvalue weighted by Crippen LogP contribution is 2.59. The Kier molecular flexibility index (Phi) is 2.50. The van der Waals surface area contributed by atoms with Crippen LogP contribution < -0.4 is 5.73 Å². The standard InChI is InChI=1S/C12H18N2S/c1-7(2)12(3)5-4-9-10(12)8(6-13)11(14)15-9/h7,9-10H,4-5,14H2,1-3H3. The summed E-state index contributed by atoms with van der Waals surface area (Å²) < 4.78 is 0. The molecule has 2 N–H and O–H groups in total. The molecule has 0 spiro atoms. The molecule has 1 saturated carbocycles. The van der Waals surface area contributed by atoms with Gasteiger partial charge in [-0.25, -0.2) is 0 Å². The van der Waals surface area contributed by atoms with Crippen LogP contribution in [0.5, 0.6) is 0 Å². The van der Waals surface area contributed by atoms with E-state index in [0.717, 1.165) is 10.6 Å². The van der Waals surface area contributed by atoms with Crippen LogP contribution in [0.15, 0.2) is 10.6 Å². The maximum atomic E-state index is 9.20. The molecule has 0 bridgehead atoms. The van der Waals surface area contributed by atoms with Crippen molar-refractivity contribution in [2.45, 2.75) is 38.9 Å². The van der Waals surface area contributed by atoms with Crippen molar-refractivity contribution in [2.24, 2.45) is 23.0 Å². The number of rotatable bonds is 1. The summed E-state index contributed by atoms with van der Waals surface area (Å²) in [4.78, 5) is 0. The number of thioether (sulfide) groups is 1. The second-order valence-corrected chi connectivity index (χ2v) is 6.50. The number of hydrogen-bond donors (Lipinski definition) is 1. The van der Waals surface area contributed by atoms with Gasteiger partial charge in [0.25, 0.3) is 0 Å². The summed E-state index contributed by atoms with van der Waals surface area (Å²) in [5.74, 6) is 1.01. The van der Waals surface area contributed by atoms with Crippen LogP contribution in [-0.4, -0.2) is 5.25 Å². The molecular weight excluding hydrogens is 204 g/mol. The number of hydrogen-bond acceptors (Lipinski definition) is 3. The van der Waals surface area contributed by atoms with Crippen molar-refractivity contribution in [3.63, 3.8) is 0 Å². The number of fused-ring (bicyclic) bond motifs is 1. The van der Waals surface area contributed by atoms with Crippen LogP contribution in [0.1, 0.15) is 33.6 Å². The van der Waals surface area contributed by atoms with Crippen LogP contribution in [0.4, 0.5) is 0 Å². The summed E-state index contributed by atoms with van der Waals surface area (Å²) in [5, 5.41) is 10.5. The Morgan fingerprint density at radius 3 is 2.80 bits per heavy atom. The van der Waals surface area contributed by atoms with Gasteiger partial charge in [0.1, 0.15) is 0 Å². The quantitative estimate of drug-likeness (QED) is 0.742. The number of nitrogens with two attached hydrogens (primary N) is 1. The van der Waals surface area contributed by atoms with E-state index in [0.29, 0.717) is 17.1 Å². The average molecular weight is 222 g/mol. The van der Waals surface area contributed by atoms with Crippen molar-refractivity contribution in [2.75, 3.05) is 0 Å². The third kappa shape index (κ3) is 1.38. The van der Waals surface area contributed by atoms with E-state index >= 15 is 0 Å². The highest BCUT2D eigenvalue weighted by molar-refractivity contribution is 8.03. The Morgan fingerprint density at radius 1 is 1.60 bits per heavy atom. The van der Waals surface area contributed by atoms with Gasteiger partial charge in [-0.15, -0.1) is 11.8 Å². The van der Waals surface area contributed by atoms with E-state index in [1.54, 1.807) is 11.8 Å². The molecule has 1 heterocycles. The molecule has 1 aliphatic carbocycles. The van der Waals surface area contributed by atoms with Gasteiger partial charge < -0.3 is 5.73 Å². The lowest BCUT2D eigenvalue weighted by Crippen LogP contribution is -2.31. The fraction of sp³-hybridized carbons (Fsp3) is 0.750. The lowest BCUT2D eigenvalue weighted by Gasteiger charge is -2.35.